The SMILES string of the molecule is C.CCC[CH2][Sn]([CH2]CCC)([CH2]CCC)[c]1cncc(N)n1.CCC[CH2][Sn]([CH3])([CH2]CCC)[CH2]CCC.Nc1cncc(Cl)n1. The molecule has 0 aromatic carbocycles. The Labute approximate surface area is 280 Å². The normalized spacial score (nSPS) is 11.1. The molecule has 0 aliphatic heterocycles. The van der Waals surface area contributed by atoms with Gasteiger partial charge in [0.1, 0.15) is 11.0 Å². The van der Waals surface area contributed by atoms with Gasteiger partial charge in [0.15, 0.2) is 0 Å². The molecule has 0 bridgehead atoms. The Morgan fingerprint density at radius 2 is 0.907 bits per heavy atom. The van der Waals surface area contributed by atoms with E-state index >= 15 is 0 Å². The Kier molecular flexibility index (Phi) is 29.1. The van der Waals surface area contributed by atoms with Crippen molar-refractivity contribution in [1.82, 2.24) is 19.9 Å². The molecule has 2 aromatic heterocycles. The number of halogens is 1. The Bertz CT molecular complexity index is 857. The van der Waals surface area contributed by atoms with E-state index in [1.54, 1.807) is 19.5 Å². The van der Waals surface area contributed by atoms with E-state index in [2.05, 4.69) is 61.4 Å². The van der Waals surface area contributed by atoms with E-state index in [1.807, 2.05) is 6.20 Å². The second kappa shape index (κ2) is 27.9. The molecule has 4 N–H and O–H groups in total. The maximum absolute atomic E-state index is 5.90. The quantitative estimate of drug-likeness (QED) is 0.137. The molecule has 6 nitrogen and oxygen atoms in total. The maximum Gasteiger partial charge on any atom is 0.149 e. The molecule has 0 amide bonds. The maximum atomic E-state index is 5.90. The van der Waals surface area contributed by atoms with Crippen LogP contribution in [0, 0.1) is 0 Å². The monoisotopic (exact) mass is 836 g/mol. The van der Waals surface area contributed by atoms with Crippen LogP contribution in [-0.4, -0.2) is 56.7 Å². The van der Waals surface area contributed by atoms with Crippen LogP contribution in [0.4, 0.5) is 11.6 Å². The van der Waals surface area contributed by atoms with Crippen LogP contribution in [0.15, 0.2) is 24.8 Å². The molecule has 0 unspecified atom stereocenters. The minimum atomic E-state index is -2.39. The third kappa shape index (κ3) is 21.1. The van der Waals surface area contributed by atoms with Crippen molar-refractivity contribution >= 4 is 63.7 Å². The van der Waals surface area contributed by atoms with Gasteiger partial charge in [-0.05, 0) is 0 Å². The van der Waals surface area contributed by atoms with Crippen LogP contribution in [-0.2, 0) is 0 Å². The zero-order valence-electron chi connectivity index (χ0n) is 28.4. The summed E-state index contributed by atoms with van der Waals surface area (Å²) in [7, 11) is 0. The average molecular weight is 835 g/mol. The molecule has 0 aliphatic rings. The fraction of sp³-hybridized carbons (Fsp3) is 0.765. The van der Waals surface area contributed by atoms with Gasteiger partial charge in [0.25, 0.3) is 0 Å². The molecule has 0 radical (unpaired) electrons. The van der Waals surface area contributed by atoms with Crippen LogP contribution >= 0.6 is 11.6 Å². The van der Waals surface area contributed by atoms with Crippen LogP contribution in [0.3, 0.4) is 0 Å². The molecule has 0 saturated carbocycles. The molecule has 0 aliphatic carbocycles. The van der Waals surface area contributed by atoms with Crippen molar-refractivity contribution in [3.63, 3.8) is 0 Å². The zero-order valence-corrected chi connectivity index (χ0v) is 34.8. The Hall–Kier alpha value is -0.353. The first kappa shape index (κ1) is 44.8. The van der Waals surface area contributed by atoms with Crippen molar-refractivity contribution in [2.75, 3.05) is 11.5 Å². The third-order valence-corrected chi connectivity index (χ3v) is 36.8. The number of unbranched alkanes of at least 4 members (excludes halogenated alkanes) is 6. The van der Waals surface area contributed by atoms with Gasteiger partial charge in [0.2, 0.25) is 0 Å². The minimum Gasteiger partial charge on any atom is -0.382 e. The van der Waals surface area contributed by atoms with E-state index < -0.39 is 36.8 Å². The summed E-state index contributed by atoms with van der Waals surface area (Å²) in [6.07, 6.45) is 23.2. The summed E-state index contributed by atoms with van der Waals surface area (Å²) in [6.45, 7) is 13.9. The molecule has 0 atom stereocenters. The summed E-state index contributed by atoms with van der Waals surface area (Å²) < 4.78 is 10.6. The van der Waals surface area contributed by atoms with Gasteiger partial charge in [-0.3, -0.25) is 4.98 Å². The molecular weight excluding hydrogens is 765 g/mol. The summed E-state index contributed by atoms with van der Waals surface area (Å²) in [4.78, 5) is 19.1. The average Bonchev–Trinajstić information content (AvgIpc) is 2.98. The number of aromatic nitrogens is 4. The predicted octanol–water partition coefficient (Wildman–Crippen LogP) is 10.9. The Morgan fingerprint density at radius 3 is 1.21 bits per heavy atom. The second-order valence-electron chi connectivity index (χ2n) is 12.3. The molecule has 0 saturated heterocycles. The summed E-state index contributed by atoms with van der Waals surface area (Å²) in [5.41, 5.74) is 11.1. The zero-order chi connectivity index (χ0) is 31.7. The van der Waals surface area contributed by atoms with E-state index in [1.165, 1.54) is 106 Å². The summed E-state index contributed by atoms with van der Waals surface area (Å²) >= 11 is 1.44. The van der Waals surface area contributed by atoms with Gasteiger partial charge >= 0.3 is 225 Å². The largest absolute Gasteiger partial charge is 0.382 e. The fourth-order valence-corrected chi connectivity index (χ4v) is 33.3. The number of rotatable bonds is 19. The number of hydrogen-bond acceptors (Lipinski definition) is 6. The number of nitrogens with two attached hydrogens (primary N) is 2. The standard InChI is InChI=1S/C4H4ClN3.C4H4N3.6C4H9.CH4.CH3.2Sn/c5-3-1-7-2-4(6)8-3;5-4-3-6-1-2-7-4;6*1-3-4-2;;;;/h1-2H,(H2,6,8);1,3H,(H2,5,7);6*1,3-4H2,2H3;1H4;1H3;;. The number of anilines is 2. The fourth-order valence-electron chi connectivity index (χ4n) is 5.48. The molecular formula is C34H69ClN6Sn2. The van der Waals surface area contributed by atoms with Crippen LogP contribution in [0.2, 0.25) is 36.7 Å². The smallest absolute Gasteiger partial charge is 0.149 e. The van der Waals surface area contributed by atoms with Gasteiger partial charge in [-0.15, -0.1) is 0 Å². The number of nitrogens with zero attached hydrogens (tertiary/aromatic N) is 4. The second-order valence-corrected chi connectivity index (χ2v) is 40.4. The molecule has 0 spiro atoms. The van der Waals surface area contributed by atoms with E-state index in [0.717, 1.165) is 0 Å². The molecule has 2 heterocycles. The van der Waals surface area contributed by atoms with E-state index in [-0.39, 0.29) is 7.43 Å². The van der Waals surface area contributed by atoms with Crippen molar-refractivity contribution in [3.05, 3.63) is 29.9 Å². The van der Waals surface area contributed by atoms with Crippen LogP contribution in [0.5, 0.6) is 0 Å². The van der Waals surface area contributed by atoms with Gasteiger partial charge in [0, 0.05) is 0 Å². The van der Waals surface area contributed by atoms with Crippen LogP contribution < -0.4 is 15.2 Å². The summed E-state index contributed by atoms with van der Waals surface area (Å²) in [5.74, 6) is 0.950. The first-order valence-electron chi connectivity index (χ1n) is 17.0. The van der Waals surface area contributed by atoms with Gasteiger partial charge in [-0.1, -0.05) is 19.0 Å². The summed E-state index contributed by atoms with van der Waals surface area (Å²) in [5, 5.41) is 0.324. The first-order valence-corrected chi connectivity index (χ1v) is 33.7. The van der Waals surface area contributed by atoms with Gasteiger partial charge in [0.05, 0.1) is 12.4 Å². The van der Waals surface area contributed by atoms with Gasteiger partial charge in [-0.2, -0.15) is 0 Å². The number of nitrogen functional groups attached to an aromatic ring is 2. The van der Waals surface area contributed by atoms with Crippen LogP contribution in [0.25, 0.3) is 0 Å². The van der Waals surface area contributed by atoms with E-state index in [0.29, 0.717) is 16.8 Å². The van der Waals surface area contributed by atoms with E-state index in [4.69, 9.17) is 28.1 Å². The van der Waals surface area contributed by atoms with Crippen molar-refractivity contribution in [2.24, 2.45) is 0 Å². The Morgan fingerprint density at radius 1 is 0.558 bits per heavy atom. The Balaban J connectivity index is 0. The van der Waals surface area contributed by atoms with Crippen molar-refractivity contribution in [3.8, 4) is 0 Å². The molecule has 250 valence electrons. The van der Waals surface area contributed by atoms with Crippen LogP contribution in [0.1, 0.15) is 126 Å². The minimum absolute atomic E-state index is 0. The van der Waals surface area contributed by atoms with Crippen molar-refractivity contribution < 1.29 is 0 Å². The molecule has 9 heteroatoms. The molecule has 2 aromatic rings. The van der Waals surface area contributed by atoms with E-state index in [9.17, 15) is 0 Å². The van der Waals surface area contributed by atoms with Gasteiger partial charge in [-0.25, -0.2) is 4.98 Å². The number of hydrogen-bond donors (Lipinski definition) is 2. The molecule has 43 heavy (non-hydrogen) atoms. The topological polar surface area (TPSA) is 104 Å². The predicted molar refractivity (Wildman–Crippen MR) is 200 cm³/mol. The van der Waals surface area contributed by atoms with Gasteiger partial charge < -0.3 is 5.73 Å². The van der Waals surface area contributed by atoms with Crippen molar-refractivity contribution in [1.29, 1.82) is 0 Å². The third-order valence-electron chi connectivity index (χ3n) is 8.25. The molecule has 0 fully saturated rings. The summed E-state index contributed by atoms with van der Waals surface area (Å²) in [6, 6.07) is 0. The molecule has 2 rings (SSSR count). The first-order chi connectivity index (χ1) is 20.2. The van der Waals surface area contributed by atoms with Crippen molar-refractivity contribution in [2.45, 2.75) is 158 Å².